The second-order valence-corrected chi connectivity index (χ2v) is 9.34. The lowest BCUT2D eigenvalue weighted by atomic mass is 10.1. The number of carbonyl (C=O) groups is 2. The van der Waals surface area contributed by atoms with Crippen LogP contribution in [0.15, 0.2) is 83.5 Å². The largest absolute Gasteiger partial charge is 0.477 e. The zero-order valence-corrected chi connectivity index (χ0v) is 20.7. The van der Waals surface area contributed by atoms with Crippen molar-refractivity contribution in [2.24, 2.45) is 0 Å². The second kappa shape index (κ2) is 9.37. The van der Waals surface area contributed by atoms with Crippen LogP contribution in [0.5, 0.6) is 11.5 Å². The van der Waals surface area contributed by atoms with Gasteiger partial charge in [-0.15, -0.1) is 0 Å². The van der Waals surface area contributed by atoms with Crippen LogP contribution in [0.3, 0.4) is 0 Å². The number of anilines is 2. The van der Waals surface area contributed by atoms with Gasteiger partial charge in [-0.25, -0.2) is 14.6 Å². The molecule has 2 amide bonds. The second-order valence-electron chi connectivity index (χ2n) is 8.33. The Labute approximate surface area is 219 Å². The van der Waals surface area contributed by atoms with E-state index in [1.807, 2.05) is 36.4 Å². The van der Waals surface area contributed by atoms with Crippen molar-refractivity contribution >= 4 is 49.9 Å². The number of aryl methyl sites for hydroxylation is 1. The molecule has 0 saturated heterocycles. The highest BCUT2D eigenvalue weighted by atomic mass is 32.1. The third kappa shape index (κ3) is 4.31. The van der Waals surface area contributed by atoms with E-state index in [0.717, 1.165) is 15.8 Å². The summed E-state index contributed by atoms with van der Waals surface area (Å²) < 4.78 is 13.7. The molecule has 6 aromatic rings. The van der Waals surface area contributed by atoms with Crippen LogP contribution in [0.4, 0.5) is 16.2 Å². The number of rotatable bonds is 6. The van der Waals surface area contributed by atoms with Gasteiger partial charge in [-0.2, -0.15) is 0 Å². The monoisotopic (exact) mass is 525 g/mol. The summed E-state index contributed by atoms with van der Waals surface area (Å²) in [5.41, 5.74) is 3.32. The molecule has 6 rings (SSSR count). The first kappa shape index (κ1) is 23.3. The minimum Gasteiger partial charge on any atom is -0.477 e. The molecule has 0 aliphatic heterocycles. The number of carboxylic acids is 1. The minimum absolute atomic E-state index is 0.113. The predicted octanol–water partition coefficient (Wildman–Crippen LogP) is 6.65. The lowest BCUT2D eigenvalue weighted by Gasteiger charge is -2.10. The molecule has 0 unspecified atom stereocenters. The Morgan fingerprint density at radius 1 is 1.00 bits per heavy atom. The number of aromatic nitrogens is 3. The molecular formula is C27H19N5O5S. The fourth-order valence-electron chi connectivity index (χ4n) is 4.04. The van der Waals surface area contributed by atoms with Crippen molar-refractivity contribution in [3.63, 3.8) is 0 Å². The lowest BCUT2D eigenvalue weighted by Crippen LogP contribution is -2.20. The van der Waals surface area contributed by atoms with Crippen molar-refractivity contribution in [2.45, 2.75) is 6.92 Å². The molecule has 0 bridgehead atoms. The van der Waals surface area contributed by atoms with E-state index < -0.39 is 12.0 Å². The van der Waals surface area contributed by atoms with E-state index in [9.17, 15) is 14.7 Å². The molecule has 3 aromatic heterocycles. The topological polar surface area (TPSA) is 131 Å². The van der Waals surface area contributed by atoms with Gasteiger partial charge in [-0.3, -0.25) is 4.40 Å². The quantitative estimate of drug-likeness (QED) is 0.222. The van der Waals surface area contributed by atoms with Gasteiger partial charge in [-0.1, -0.05) is 46.8 Å². The Balaban J connectivity index is 1.14. The number of benzene rings is 3. The number of urea groups is 1. The van der Waals surface area contributed by atoms with Crippen molar-refractivity contribution < 1.29 is 24.0 Å². The molecule has 11 heteroatoms. The molecule has 0 aliphatic rings. The Hall–Kier alpha value is -5.16. The van der Waals surface area contributed by atoms with Gasteiger partial charge < -0.3 is 25.0 Å². The van der Waals surface area contributed by atoms with Gasteiger partial charge in [-0.05, 0) is 43.3 Å². The zero-order valence-electron chi connectivity index (χ0n) is 19.8. The molecule has 188 valence electrons. The molecule has 10 nitrogen and oxygen atoms in total. The van der Waals surface area contributed by atoms with Crippen LogP contribution in [0.25, 0.3) is 26.4 Å². The molecule has 3 aromatic carbocycles. The summed E-state index contributed by atoms with van der Waals surface area (Å²) in [6, 6.07) is 21.4. The Bertz CT molecular complexity index is 1800. The van der Waals surface area contributed by atoms with Gasteiger partial charge in [0.25, 0.3) is 0 Å². The number of carboxylic acid groups (broad SMARTS) is 1. The minimum atomic E-state index is -1.03. The van der Waals surface area contributed by atoms with Crippen molar-refractivity contribution in [1.82, 2.24) is 14.5 Å². The van der Waals surface area contributed by atoms with E-state index in [-0.39, 0.29) is 5.69 Å². The maximum atomic E-state index is 12.7. The van der Waals surface area contributed by atoms with Crippen molar-refractivity contribution in [3.05, 3.63) is 90.4 Å². The zero-order chi connectivity index (χ0) is 26.2. The average molecular weight is 526 g/mol. The van der Waals surface area contributed by atoms with E-state index in [0.29, 0.717) is 39.3 Å². The van der Waals surface area contributed by atoms with Gasteiger partial charge in [0.15, 0.2) is 16.4 Å². The molecule has 0 aliphatic carbocycles. The summed E-state index contributed by atoms with van der Waals surface area (Å²) in [5.74, 6) is 0.629. The fraction of sp³-hybridized carbons (Fsp3) is 0.0370. The first-order valence-electron chi connectivity index (χ1n) is 11.5. The number of fused-ring (bicyclic) bond motifs is 3. The summed E-state index contributed by atoms with van der Waals surface area (Å²) in [4.78, 5) is 28.9. The predicted molar refractivity (Wildman–Crippen MR) is 143 cm³/mol. The summed E-state index contributed by atoms with van der Waals surface area (Å²) >= 11 is 1.38. The van der Waals surface area contributed by atoms with Crippen molar-refractivity contribution in [2.75, 3.05) is 10.6 Å². The number of aromatic carboxylic acids is 1. The van der Waals surface area contributed by atoms with Crippen LogP contribution >= 0.6 is 11.3 Å². The molecule has 38 heavy (non-hydrogen) atoms. The van der Waals surface area contributed by atoms with Crippen LogP contribution in [-0.2, 0) is 0 Å². The number of thiazole rings is 1. The molecule has 0 saturated carbocycles. The summed E-state index contributed by atoms with van der Waals surface area (Å²) in [6.07, 6.45) is 1.35. The summed E-state index contributed by atoms with van der Waals surface area (Å²) in [7, 11) is 0. The van der Waals surface area contributed by atoms with E-state index in [2.05, 4.69) is 20.8 Å². The summed E-state index contributed by atoms with van der Waals surface area (Å²) in [5, 5.41) is 19.1. The maximum Gasteiger partial charge on any atom is 0.354 e. The van der Waals surface area contributed by atoms with Gasteiger partial charge in [0.05, 0.1) is 16.4 Å². The highest BCUT2D eigenvalue weighted by molar-refractivity contribution is 7.23. The molecular weight excluding hydrogens is 506 g/mol. The van der Waals surface area contributed by atoms with Crippen LogP contribution in [-0.4, -0.2) is 31.6 Å². The van der Waals surface area contributed by atoms with Crippen molar-refractivity contribution in [1.29, 1.82) is 0 Å². The lowest BCUT2D eigenvalue weighted by molar-refractivity contribution is 0.0690. The normalized spacial score (nSPS) is 11.1. The van der Waals surface area contributed by atoms with Gasteiger partial charge >= 0.3 is 12.0 Å². The Kier molecular flexibility index (Phi) is 5.74. The molecule has 0 fully saturated rings. The van der Waals surface area contributed by atoms with E-state index >= 15 is 0 Å². The number of nitrogens with one attached hydrogen (secondary N) is 2. The highest BCUT2D eigenvalue weighted by Gasteiger charge is 2.18. The smallest absolute Gasteiger partial charge is 0.354 e. The van der Waals surface area contributed by atoms with E-state index in [4.69, 9.17) is 9.26 Å². The number of ether oxygens (including phenoxy) is 1. The van der Waals surface area contributed by atoms with Crippen LogP contribution < -0.4 is 15.4 Å². The van der Waals surface area contributed by atoms with Crippen LogP contribution in [0.2, 0.25) is 0 Å². The molecule has 0 atom stereocenters. The van der Waals surface area contributed by atoms with E-state index in [1.54, 1.807) is 47.7 Å². The Morgan fingerprint density at radius 2 is 1.76 bits per heavy atom. The number of hydrogen-bond acceptors (Lipinski definition) is 7. The first-order chi connectivity index (χ1) is 18.5. The SMILES string of the molecule is Cc1onc(-c2ccccc2)c1NC(=O)Nc1ccc(Oc2ccc3c(c2)sc2ncc(C(=O)O)n23)cc1. The fourth-order valence-corrected chi connectivity index (χ4v) is 5.07. The molecule has 0 spiro atoms. The maximum absolute atomic E-state index is 12.7. The van der Waals surface area contributed by atoms with Crippen LogP contribution in [0.1, 0.15) is 16.2 Å². The third-order valence-corrected chi connectivity index (χ3v) is 6.84. The van der Waals surface area contributed by atoms with Crippen LogP contribution in [0, 0.1) is 6.92 Å². The molecule has 3 heterocycles. The molecule has 3 N–H and O–H groups in total. The number of hydrogen-bond donors (Lipinski definition) is 3. The number of nitrogens with zero attached hydrogens (tertiary/aromatic N) is 3. The van der Waals surface area contributed by atoms with Gasteiger partial charge in [0, 0.05) is 17.3 Å². The third-order valence-electron chi connectivity index (χ3n) is 5.82. The van der Waals surface area contributed by atoms with Crippen molar-refractivity contribution in [3.8, 4) is 22.8 Å². The number of amides is 2. The molecule has 0 radical (unpaired) electrons. The average Bonchev–Trinajstić information content (AvgIpc) is 3.59. The Morgan fingerprint density at radius 3 is 2.53 bits per heavy atom. The standard InChI is InChI=1S/C27H19N5O5S/c1-15-23(24(31-37-15)16-5-3-2-4-6-16)30-26(35)29-17-7-9-18(10-8-17)36-19-11-12-20-22(13-19)38-27-28-14-21(25(33)34)32(20)27/h2-14H,1H3,(H,33,34)(H2,29,30,35). The number of carbonyl (C=O) groups excluding carboxylic acids is 1. The van der Waals surface area contributed by atoms with Gasteiger partial charge in [0.2, 0.25) is 0 Å². The highest BCUT2D eigenvalue weighted by Crippen LogP contribution is 2.33. The number of imidazole rings is 1. The van der Waals surface area contributed by atoms with E-state index in [1.165, 1.54) is 17.5 Å². The first-order valence-corrected chi connectivity index (χ1v) is 12.3. The van der Waals surface area contributed by atoms with Gasteiger partial charge in [0.1, 0.15) is 22.9 Å². The summed E-state index contributed by atoms with van der Waals surface area (Å²) in [6.45, 7) is 1.73.